The molecule has 0 spiro atoms. The number of aromatic nitrogens is 5. The van der Waals surface area contributed by atoms with E-state index in [0.717, 1.165) is 31.3 Å². The zero-order chi connectivity index (χ0) is 16.4. The van der Waals surface area contributed by atoms with Gasteiger partial charge >= 0.3 is 0 Å². The van der Waals surface area contributed by atoms with Crippen LogP contribution in [0, 0.1) is 0 Å². The highest BCUT2D eigenvalue weighted by Crippen LogP contribution is 2.28. The van der Waals surface area contributed by atoms with Gasteiger partial charge in [0.05, 0.1) is 12.7 Å². The van der Waals surface area contributed by atoms with E-state index in [1.165, 1.54) is 19.3 Å². The van der Waals surface area contributed by atoms with Gasteiger partial charge in [0.25, 0.3) is 0 Å². The SMILES string of the molecule is OC1(Cn2ccnn2)CCN(c2cc(N3CCCCC3)ncn2)C1. The molecular formula is C16H23N7O. The maximum absolute atomic E-state index is 10.8. The lowest BCUT2D eigenvalue weighted by Crippen LogP contribution is -2.38. The lowest BCUT2D eigenvalue weighted by atomic mass is 10.0. The second-order valence-electron chi connectivity index (χ2n) is 6.78. The summed E-state index contributed by atoms with van der Waals surface area (Å²) in [5, 5.41) is 18.6. The Morgan fingerprint density at radius 3 is 2.58 bits per heavy atom. The van der Waals surface area contributed by atoms with Crippen LogP contribution in [0.15, 0.2) is 24.8 Å². The standard InChI is InChI=1S/C16H23N7O/c24-16(12-23-9-5-19-20-23)4-8-22(11-16)15-10-14(17-13-18-15)21-6-2-1-3-7-21/h5,9-10,13,24H,1-4,6-8,11-12H2. The Bertz CT molecular complexity index is 671. The van der Waals surface area contributed by atoms with E-state index in [9.17, 15) is 5.11 Å². The fraction of sp³-hybridized carbons (Fsp3) is 0.625. The second kappa shape index (κ2) is 6.35. The van der Waals surface area contributed by atoms with Crippen LogP contribution < -0.4 is 9.80 Å². The summed E-state index contributed by atoms with van der Waals surface area (Å²) in [6.07, 6.45) is 9.48. The predicted octanol–water partition coefficient (Wildman–Crippen LogP) is 0.700. The van der Waals surface area contributed by atoms with Crippen LogP contribution in [0.25, 0.3) is 0 Å². The molecule has 4 rings (SSSR count). The zero-order valence-corrected chi connectivity index (χ0v) is 13.8. The first-order valence-electron chi connectivity index (χ1n) is 8.60. The van der Waals surface area contributed by atoms with Gasteiger partial charge in [-0.05, 0) is 25.7 Å². The first kappa shape index (κ1) is 15.3. The smallest absolute Gasteiger partial charge is 0.134 e. The molecule has 4 heterocycles. The molecule has 128 valence electrons. The predicted molar refractivity (Wildman–Crippen MR) is 89.9 cm³/mol. The van der Waals surface area contributed by atoms with Crippen LogP contribution in [-0.4, -0.2) is 61.8 Å². The first-order chi connectivity index (χ1) is 11.7. The molecule has 2 saturated heterocycles. The Labute approximate surface area is 141 Å². The molecule has 2 aromatic heterocycles. The van der Waals surface area contributed by atoms with Gasteiger partial charge in [-0.3, -0.25) is 0 Å². The van der Waals surface area contributed by atoms with E-state index in [1.54, 1.807) is 23.4 Å². The molecule has 8 nitrogen and oxygen atoms in total. The Morgan fingerprint density at radius 2 is 1.83 bits per heavy atom. The molecule has 0 saturated carbocycles. The normalized spacial score (nSPS) is 24.5. The minimum atomic E-state index is -0.802. The highest BCUT2D eigenvalue weighted by atomic mass is 16.3. The van der Waals surface area contributed by atoms with E-state index in [1.807, 2.05) is 6.07 Å². The van der Waals surface area contributed by atoms with Crippen molar-refractivity contribution in [2.75, 3.05) is 36.0 Å². The molecule has 8 heteroatoms. The van der Waals surface area contributed by atoms with Gasteiger partial charge in [0.2, 0.25) is 0 Å². The average molecular weight is 329 g/mol. The van der Waals surface area contributed by atoms with Gasteiger partial charge in [-0.25, -0.2) is 14.6 Å². The summed E-state index contributed by atoms with van der Waals surface area (Å²) in [5.41, 5.74) is -0.802. The average Bonchev–Trinajstić information content (AvgIpc) is 3.26. The minimum Gasteiger partial charge on any atom is -0.386 e. The van der Waals surface area contributed by atoms with Crippen molar-refractivity contribution in [3.63, 3.8) is 0 Å². The summed E-state index contributed by atoms with van der Waals surface area (Å²) < 4.78 is 1.68. The van der Waals surface area contributed by atoms with Crippen LogP contribution in [0.1, 0.15) is 25.7 Å². The molecular weight excluding hydrogens is 306 g/mol. The maximum atomic E-state index is 10.8. The van der Waals surface area contributed by atoms with Gasteiger partial charge in [0.1, 0.15) is 23.6 Å². The van der Waals surface area contributed by atoms with Gasteiger partial charge in [-0.2, -0.15) is 0 Å². The van der Waals surface area contributed by atoms with Crippen LogP contribution in [-0.2, 0) is 6.54 Å². The fourth-order valence-corrected chi connectivity index (χ4v) is 3.61. The number of hydrogen-bond donors (Lipinski definition) is 1. The summed E-state index contributed by atoms with van der Waals surface area (Å²) in [4.78, 5) is 13.3. The molecule has 2 aliphatic heterocycles. The van der Waals surface area contributed by atoms with Gasteiger partial charge in [0, 0.05) is 38.4 Å². The molecule has 0 aromatic carbocycles. The molecule has 1 unspecified atom stereocenters. The van der Waals surface area contributed by atoms with Crippen molar-refractivity contribution < 1.29 is 5.11 Å². The number of β-amino-alcohol motifs (C(OH)–C–C–N with tert-alkyl or cyclic N) is 1. The summed E-state index contributed by atoms with van der Waals surface area (Å²) in [5.74, 6) is 1.88. The number of rotatable bonds is 4. The Kier molecular flexibility index (Phi) is 4.05. The van der Waals surface area contributed by atoms with E-state index in [-0.39, 0.29) is 0 Å². The van der Waals surface area contributed by atoms with E-state index in [2.05, 4.69) is 30.1 Å². The summed E-state index contributed by atoms with van der Waals surface area (Å²) >= 11 is 0. The van der Waals surface area contributed by atoms with Crippen molar-refractivity contribution in [1.29, 1.82) is 0 Å². The molecule has 1 atom stereocenters. The Balaban J connectivity index is 1.46. The molecule has 1 N–H and O–H groups in total. The quantitative estimate of drug-likeness (QED) is 0.884. The van der Waals surface area contributed by atoms with Crippen molar-refractivity contribution >= 4 is 11.6 Å². The van der Waals surface area contributed by atoms with Crippen molar-refractivity contribution in [1.82, 2.24) is 25.0 Å². The monoisotopic (exact) mass is 329 g/mol. The van der Waals surface area contributed by atoms with Crippen LogP contribution in [0.3, 0.4) is 0 Å². The van der Waals surface area contributed by atoms with E-state index in [4.69, 9.17) is 0 Å². The van der Waals surface area contributed by atoms with Crippen molar-refractivity contribution in [2.45, 2.75) is 37.8 Å². The second-order valence-corrected chi connectivity index (χ2v) is 6.78. The fourth-order valence-electron chi connectivity index (χ4n) is 3.61. The Hall–Kier alpha value is -2.22. The zero-order valence-electron chi connectivity index (χ0n) is 13.8. The molecule has 0 bridgehead atoms. The molecule has 0 aliphatic carbocycles. The number of hydrogen-bond acceptors (Lipinski definition) is 7. The van der Waals surface area contributed by atoms with E-state index >= 15 is 0 Å². The minimum absolute atomic E-state index is 0.452. The van der Waals surface area contributed by atoms with Gasteiger partial charge in [0.15, 0.2) is 0 Å². The summed E-state index contributed by atoms with van der Waals surface area (Å²) in [6, 6.07) is 2.05. The highest BCUT2D eigenvalue weighted by Gasteiger charge is 2.37. The number of anilines is 2. The van der Waals surface area contributed by atoms with Crippen LogP contribution >= 0.6 is 0 Å². The molecule has 24 heavy (non-hydrogen) atoms. The van der Waals surface area contributed by atoms with Crippen molar-refractivity contribution in [3.05, 3.63) is 24.8 Å². The third-order valence-corrected chi connectivity index (χ3v) is 4.90. The molecule has 2 aliphatic rings. The van der Waals surface area contributed by atoms with Crippen LogP contribution in [0.2, 0.25) is 0 Å². The molecule has 0 radical (unpaired) electrons. The van der Waals surface area contributed by atoms with Crippen molar-refractivity contribution in [3.8, 4) is 0 Å². The molecule has 2 aromatic rings. The van der Waals surface area contributed by atoms with Gasteiger partial charge < -0.3 is 14.9 Å². The van der Waals surface area contributed by atoms with Crippen LogP contribution in [0.4, 0.5) is 11.6 Å². The first-order valence-corrected chi connectivity index (χ1v) is 8.60. The van der Waals surface area contributed by atoms with E-state index in [0.29, 0.717) is 19.5 Å². The van der Waals surface area contributed by atoms with Crippen molar-refractivity contribution in [2.24, 2.45) is 0 Å². The topological polar surface area (TPSA) is 83.2 Å². The summed E-state index contributed by atoms with van der Waals surface area (Å²) in [6.45, 7) is 3.90. The van der Waals surface area contributed by atoms with Gasteiger partial charge in [-0.1, -0.05) is 5.21 Å². The summed E-state index contributed by atoms with van der Waals surface area (Å²) in [7, 11) is 0. The lowest BCUT2D eigenvalue weighted by Gasteiger charge is -2.28. The number of nitrogens with zero attached hydrogens (tertiary/aromatic N) is 7. The van der Waals surface area contributed by atoms with E-state index < -0.39 is 5.60 Å². The molecule has 0 amide bonds. The lowest BCUT2D eigenvalue weighted by molar-refractivity contribution is 0.0408. The van der Waals surface area contributed by atoms with Crippen LogP contribution in [0.5, 0.6) is 0 Å². The maximum Gasteiger partial charge on any atom is 0.134 e. The Morgan fingerprint density at radius 1 is 1.04 bits per heavy atom. The third-order valence-electron chi connectivity index (χ3n) is 4.90. The number of aliphatic hydroxyl groups is 1. The van der Waals surface area contributed by atoms with Gasteiger partial charge in [-0.15, -0.1) is 5.10 Å². The molecule has 2 fully saturated rings. The highest BCUT2D eigenvalue weighted by molar-refractivity contribution is 5.51. The largest absolute Gasteiger partial charge is 0.386 e. The number of piperidine rings is 1. The third kappa shape index (κ3) is 3.19.